The maximum atomic E-state index is 12.3. The molecule has 3 N–H and O–H groups in total. The number of nitrogens with zero attached hydrogens (tertiary/aromatic N) is 1. The van der Waals surface area contributed by atoms with E-state index in [9.17, 15) is 9.59 Å². The minimum atomic E-state index is -0.0876. The van der Waals surface area contributed by atoms with Crippen LogP contribution in [0.3, 0.4) is 0 Å². The molecule has 124 valence electrons. The summed E-state index contributed by atoms with van der Waals surface area (Å²) in [5.41, 5.74) is 6.60. The van der Waals surface area contributed by atoms with E-state index in [1.165, 1.54) is 5.56 Å². The van der Waals surface area contributed by atoms with Gasteiger partial charge in [0.25, 0.3) is 0 Å². The molecule has 1 atom stereocenters. The van der Waals surface area contributed by atoms with Crippen LogP contribution in [-0.4, -0.2) is 42.9 Å². The number of halogens is 1. The molecule has 0 bridgehead atoms. The van der Waals surface area contributed by atoms with Crippen molar-refractivity contribution >= 4 is 35.6 Å². The predicted molar refractivity (Wildman–Crippen MR) is 91.3 cm³/mol. The van der Waals surface area contributed by atoms with E-state index in [2.05, 4.69) is 16.8 Å². The molecule has 2 rings (SSSR count). The van der Waals surface area contributed by atoms with Crippen LogP contribution in [0, 0.1) is 5.92 Å². The molecule has 0 spiro atoms. The van der Waals surface area contributed by atoms with Crippen LogP contribution in [-0.2, 0) is 16.0 Å². The zero-order chi connectivity index (χ0) is 15.1. The molecule has 1 aliphatic heterocycles. The fraction of sp³-hybridized carbons (Fsp3) is 0.600. The van der Waals surface area contributed by atoms with E-state index < -0.39 is 0 Å². The minimum absolute atomic E-state index is 0. The quantitative estimate of drug-likeness (QED) is 0.818. The number of nitrogens with two attached hydrogens (primary N) is 1. The number of hydrogen-bond acceptors (Lipinski definition) is 4. The number of thiophene rings is 1. The lowest BCUT2D eigenvalue weighted by Crippen LogP contribution is -2.46. The van der Waals surface area contributed by atoms with Crippen molar-refractivity contribution in [3.8, 4) is 0 Å². The lowest BCUT2D eigenvalue weighted by atomic mass is 9.96. The van der Waals surface area contributed by atoms with Crippen molar-refractivity contribution in [2.24, 2.45) is 11.7 Å². The van der Waals surface area contributed by atoms with E-state index in [-0.39, 0.29) is 30.1 Å². The molecule has 22 heavy (non-hydrogen) atoms. The molecule has 0 aliphatic carbocycles. The van der Waals surface area contributed by atoms with Crippen molar-refractivity contribution < 1.29 is 9.59 Å². The van der Waals surface area contributed by atoms with Gasteiger partial charge in [0.1, 0.15) is 0 Å². The second-order valence-electron chi connectivity index (χ2n) is 5.39. The number of carbonyl (C=O) groups excluding carboxylic acids is 2. The highest BCUT2D eigenvalue weighted by atomic mass is 35.5. The zero-order valence-electron chi connectivity index (χ0n) is 12.6. The van der Waals surface area contributed by atoms with Crippen molar-refractivity contribution in [1.82, 2.24) is 10.2 Å². The largest absolute Gasteiger partial charge is 0.355 e. The molecule has 1 aliphatic rings. The van der Waals surface area contributed by atoms with Gasteiger partial charge in [0.05, 0.1) is 5.92 Å². The van der Waals surface area contributed by atoms with E-state index >= 15 is 0 Å². The highest BCUT2D eigenvalue weighted by Crippen LogP contribution is 2.18. The maximum absolute atomic E-state index is 12.3. The van der Waals surface area contributed by atoms with Gasteiger partial charge in [-0.1, -0.05) is 0 Å². The van der Waals surface area contributed by atoms with Gasteiger partial charge in [-0.05, 0) is 41.7 Å². The Bertz CT molecular complexity index is 467. The van der Waals surface area contributed by atoms with E-state index in [0.29, 0.717) is 26.1 Å². The third-order valence-electron chi connectivity index (χ3n) is 3.80. The van der Waals surface area contributed by atoms with Crippen LogP contribution in [0.1, 0.15) is 24.8 Å². The summed E-state index contributed by atoms with van der Waals surface area (Å²) < 4.78 is 0. The fourth-order valence-corrected chi connectivity index (χ4v) is 3.30. The Morgan fingerprint density at radius 3 is 2.95 bits per heavy atom. The normalized spacial score (nSPS) is 17.7. The first-order valence-corrected chi connectivity index (χ1v) is 8.41. The van der Waals surface area contributed by atoms with Crippen LogP contribution in [0.4, 0.5) is 0 Å². The SMILES string of the molecule is Cl.NCCNC(=O)C1CCCN(C(=O)CCc2ccsc2)C1. The number of carbonyl (C=O) groups is 2. The number of piperidine rings is 1. The van der Waals surface area contributed by atoms with Gasteiger partial charge in [0, 0.05) is 32.6 Å². The van der Waals surface area contributed by atoms with Gasteiger partial charge in [-0.15, -0.1) is 12.4 Å². The van der Waals surface area contributed by atoms with Crippen molar-refractivity contribution in [2.75, 3.05) is 26.2 Å². The zero-order valence-corrected chi connectivity index (χ0v) is 14.3. The summed E-state index contributed by atoms with van der Waals surface area (Å²) in [4.78, 5) is 26.1. The molecule has 1 aromatic rings. The van der Waals surface area contributed by atoms with Crippen molar-refractivity contribution in [1.29, 1.82) is 0 Å². The van der Waals surface area contributed by atoms with Gasteiger partial charge in [-0.3, -0.25) is 9.59 Å². The second-order valence-corrected chi connectivity index (χ2v) is 6.17. The molecule has 2 amide bonds. The third-order valence-corrected chi connectivity index (χ3v) is 4.53. The van der Waals surface area contributed by atoms with E-state index in [0.717, 1.165) is 25.8 Å². The van der Waals surface area contributed by atoms with Gasteiger partial charge >= 0.3 is 0 Å². The molecular weight excluding hydrogens is 322 g/mol. The Balaban J connectivity index is 0.00000242. The first-order valence-electron chi connectivity index (χ1n) is 7.47. The molecule has 7 heteroatoms. The standard InChI is InChI=1S/C15H23N3O2S.ClH/c16-6-7-17-15(20)13-2-1-8-18(10-13)14(19)4-3-12-5-9-21-11-12;/h5,9,11,13H,1-4,6-8,10,16H2,(H,17,20);1H. The number of hydrogen-bond donors (Lipinski definition) is 2. The lowest BCUT2D eigenvalue weighted by molar-refractivity contribution is -0.135. The molecule has 1 saturated heterocycles. The molecule has 0 saturated carbocycles. The Labute approximate surface area is 141 Å². The first kappa shape index (κ1) is 18.9. The maximum Gasteiger partial charge on any atom is 0.224 e. The molecule has 1 aromatic heterocycles. The summed E-state index contributed by atoms with van der Waals surface area (Å²) in [5, 5.41) is 6.92. The average Bonchev–Trinajstić information content (AvgIpc) is 3.03. The Hall–Kier alpha value is -1.11. The highest BCUT2D eigenvalue weighted by Gasteiger charge is 2.27. The van der Waals surface area contributed by atoms with Crippen LogP contribution < -0.4 is 11.1 Å². The van der Waals surface area contributed by atoms with Gasteiger partial charge < -0.3 is 16.0 Å². The average molecular weight is 346 g/mol. The van der Waals surface area contributed by atoms with Crippen molar-refractivity contribution in [2.45, 2.75) is 25.7 Å². The summed E-state index contributed by atoms with van der Waals surface area (Å²) >= 11 is 1.65. The van der Waals surface area contributed by atoms with E-state index in [4.69, 9.17) is 5.73 Å². The van der Waals surface area contributed by atoms with Crippen LogP contribution >= 0.6 is 23.7 Å². The summed E-state index contributed by atoms with van der Waals surface area (Å²) in [7, 11) is 0. The molecule has 2 heterocycles. The van der Waals surface area contributed by atoms with Crippen molar-refractivity contribution in [3.05, 3.63) is 22.4 Å². The monoisotopic (exact) mass is 345 g/mol. The van der Waals surface area contributed by atoms with Gasteiger partial charge in [0.2, 0.25) is 11.8 Å². The molecule has 0 aromatic carbocycles. The summed E-state index contributed by atoms with van der Waals surface area (Å²) in [5.74, 6) is 0.0868. The van der Waals surface area contributed by atoms with Crippen LogP contribution in [0.5, 0.6) is 0 Å². The molecule has 1 fully saturated rings. The van der Waals surface area contributed by atoms with E-state index in [1.807, 2.05) is 10.3 Å². The third kappa shape index (κ3) is 5.59. The summed E-state index contributed by atoms with van der Waals surface area (Å²) in [6.45, 7) is 2.26. The smallest absolute Gasteiger partial charge is 0.224 e. The van der Waals surface area contributed by atoms with Gasteiger partial charge in [-0.2, -0.15) is 11.3 Å². The van der Waals surface area contributed by atoms with Gasteiger partial charge in [0.15, 0.2) is 0 Å². The van der Waals surface area contributed by atoms with Crippen LogP contribution in [0.2, 0.25) is 0 Å². The second kappa shape index (κ2) is 9.82. The van der Waals surface area contributed by atoms with Crippen LogP contribution in [0.25, 0.3) is 0 Å². The number of rotatable bonds is 6. The minimum Gasteiger partial charge on any atom is -0.355 e. The highest BCUT2D eigenvalue weighted by molar-refractivity contribution is 7.07. The molecule has 1 unspecified atom stereocenters. The molecule has 0 radical (unpaired) electrons. The lowest BCUT2D eigenvalue weighted by Gasteiger charge is -2.32. The van der Waals surface area contributed by atoms with E-state index in [1.54, 1.807) is 11.3 Å². The van der Waals surface area contributed by atoms with Gasteiger partial charge in [-0.25, -0.2) is 0 Å². The Morgan fingerprint density at radius 2 is 2.27 bits per heavy atom. The Morgan fingerprint density at radius 1 is 1.45 bits per heavy atom. The fourth-order valence-electron chi connectivity index (χ4n) is 2.60. The summed E-state index contributed by atoms with van der Waals surface area (Å²) in [6.07, 6.45) is 3.05. The number of nitrogens with one attached hydrogen (secondary N) is 1. The van der Waals surface area contributed by atoms with Crippen LogP contribution in [0.15, 0.2) is 16.8 Å². The number of aryl methyl sites for hydroxylation is 1. The molecular formula is C15H24ClN3O2S. The topological polar surface area (TPSA) is 75.4 Å². The number of amides is 2. The number of likely N-dealkylation sites (tertiary alicyclic amines) is 1. The summed E-state index contributed by atoms with van der Waals surface area (Å²) in [6, 6.07) is 2.05. The molecule has 5 nitrogen and oxygen atoms in total. The Kier molecular flexibility index (Phi) is 8.45. The first-order chi connectivity index (χ1) is 10.2. The predicted octanol–water partition coefficient (Wildman–Crippen LogP) is 1.42. The van der Waals surface area contributed by atoms with Crippen molar-refractivity contribution in [3.63, 3.8) is 0 Å².